The second-order valence-corrected chi connectivity index (χ2v) is 5.22. The fraction of sp³-hybridized carbons (Fsp3) is 0.0556. The zero-order valence-corrected chi connectivity index (χ0v) is 13.0. The third-order valence-electron chi connectivity index (χ3n) is 3.68. The molecule has 0 atom stereocenters. The second-order valence-electron chi connectivity index (χ2n) is 5.22. The molecule has 6 nitrogen and oxygen atoms in total. The number of methoxy groups -OCH3 is 1. The van der Waals surface area contributed by atoms with Crippen molar-refractivity contribution >= 4 is 17.3 Å². The van der Waals surface area contributed by atoms with E-state index >= 15 is 0 Å². The molecule has 4 aromatic rings. The second kappa shape index (κ2) is 6.00. The maximum atomic E-state index is 5.19. The van der Waals surface area contributed by atoms with E-state index in [2.05, 4.69) is 20.4 Å². The third-order valence-corrected chi connectivity index (χ3v) is 3.68. The summed E-state index contributed by atoms with van der Waals surface area (Å²) in [6.45, 7) is 0. The highest BCUT2D eigenvalue weighted by atomic mass is 16.5. The molecule has 24 heavy (non-hydrogen) atoms. The van der Waals surface area contributed by atoms with Crippen molar-refractivity contribution in [3.05, 3.63) is 67.0 Å². The van der Waals surface area contributed by atoms with Gasteiger partial charge in [0.25, 0.3) is 5.78 Å². The Kier molecular flexibility index (Phi) is 3.55. The molecule has 0 aliphatic rings. The minimum atomic E-state index is 0.548. The molecule has 0 saturated heterocycles. The summed E-state index contributed by atoms with van der Waals surface area (Å²) in [5, 5.41) is 7.60. The molecule has 4 rings (SSSR count). The van der Waals surface area contributed by atoms with E-state index in [1.165, 1.54) is 6.33 Å². The molecule has 0 spiro atoms. The van der Waals surface area contributed by atoms with E-state index in [0.29, 0.717) is 5.78 Å². The van der Waals surface area contributed by atoms with Gasteiger partial charge in [-0.3, -0.25) is 0 Å². The van der Waals surface area contributed by atoms with Crippen molar-refractivity contribution in [2.24, 2.45) is 0 Å². The van der Waals surface area contributed by atoms with Crippen molar-refractivity contribution in [2.45, 2.75) is 0 Å². The number of benzene rings is 2. The Labute approximate surface area is 138 Å². The van der Waals surface area contributed by atoms with Crippen molar-refractivity contribution in [1.82, 2.24) is 19.6 Å². The molecule has 0 fully saturated rings. The van der Waals surface area contributed by atoms with Crippen molar-refractivity contribution in [3.63, 3.8) is 0 Å². The zero-order chi connectivity index (χ0) is 16.4. The summed E-state index contributed by atoms with van der Waals surface area (Å²) in [5.41, 5.74) is 2.80. The first-order chi connectivity index (χ1) is 11.8. The molecular formula is C18H15N5O. The van der Waals surface area contributed by atoms with Crippen LogP contribution in [0.25, 0.3) is 17.0 Å². The SMILES string of the molecule is COc1ccc(Nc2cc(-c3ccccc3)nc3ncnn23)cc1. The van der Waals surface area contributed by atoms with Gasteiger partial charge in [0, 0.05) is 17.3 Å². The van der Waals surface area contributed by atoms with Crippen LogP contribution >= 0.6 is 0 Å². The minimum absolute atomic E-state index is 0.548. The lowest BCUT2D eigenvalue weighted by Crippen LogP contribution is -2.02. The van der Waals surface area contributed by atoms with Crippen LogP contribution in [0.5, 0.6) is 5.75 Å². The van der Waals surface area contributed by atoms with Crippen LogP contribution in [-0.4, -0.2) is 26.7 Å². The number of anilines is 2. The van der Waals surface area contributed by atoms with E-state index in [1.807, 2.05) is 60.7 Å². The number of hydrogen-bond acceptors (Lipinski definition) is 5. The molecule has 2 heterocycles. The molecule has 0 bridgehead atoms. The Morgan fingerprint density at radius 2 is 1.79 bits per heavy atom. The summed E-state index contributed by atoms with van der Waals surface area (Å²) in [6.07, 6.45) is 1.50. The van der Waals surface area contributed by atoms with Crippen LogP contribution < -0.4 is 10.1 Å². The molecule has 1 N–H and O–H groups in total. The van der Waals surface area contributed by atoms with Crippen molar-refractivity contribution in [3.8, 4) is 17.0 Å². The van der Waals surface area contributed by atoms with Gasteiger partial charge in [-0.05, 0) is 24.3 Å². The van der Waals surface area contributed by atoms with E-state index in [-0.39, 0.29) is 0 Å². The summed E-state index contributed by atoms with van der Waals surface area (Å²) in [5.74, 6) is 2.15. The van der Waals surface area contributed by atoms with Gasteiger partial charge in [-0.2, -0.15) is 14.6 Å². The Bertz CT molecular complexity index is 964. The summed E-state index contributed by atoms with van der Waals surface area (Å²) >= 11 is 0. The Balaban J connectivity index is 1.77. The fourth-order valence-electron chi connectivity index (χ4n) is 2.48. The molecule has 118 valence electrons. The number of fused-ring (bicyclic) bond motifs is 1. The maximum absolute atomic E-state index is 5.19. The third kappa shape index (κ3) is 2.65. The van der Waals surface area contributed by atoms with Gasteiger partial charge in [0.2, 0.25) is 0 Å². The van der Waals surface area contributed by atoms with E-state index in [4.69, 9.17) is 4.74 Å². The monoisotopic (exact) mass is 317 g/mol. The van der Waals surface area contributed by atoms with Gasteiger partial charge in [-0.15, -0.1) is 0 Å². The van der Waals surface area contributed by atoms with Gasteiger partial charge in [-0.1, -0.05) is 30.3 Å². The maximum Gasteiger partial charge on any atom is 0.254 e. The van der Waals surface area contributed by atoms with Crippen LogP contribution in [0.3, 0.4) is 0 Å². The summed E-state index contributed by atoms with van der Waals surface area (Å²) < 4.78 is 6.87. The molecule has 0 radical (unpaired) electrons. The fourth-order valence-corrected chi connectivity index (χ4v) is 2.48. The Morgan fingerprint density at radius 1 is 1.00 bits per heavy atom. The number of ether oxygens (including phenoxy) is 1. The topological polar surface area (TPSA) is 64.3 Å². The van der Waals surface area contributed by atoms with Crippen molar-refractivity contribution < 1.29 is 4.74 Å². The predicted octanol–water partition coefficient (Wildman–Crippen LogP) is 3.54. The van der Waals surface area contributed by atoms with E-state index < -0.39 is 0 Å². The highest BCUT2D eigenvalue weighted by molar-refractivity contribution is 5.68. The van der Waals surface area contributed by atoms with Crippen LogP contribution in [-0.2, 0) is 0 Å². The first kappa shape index (κ1) is 14.2. The number of nitrogens with zero attached hydrogens (tertiary/aromatic N) is 4. The summed E-state index contributed by atoms with van der Waals surface area (Å²) in [7, 11) is 1.65. The molecule has 0 aliphatic heterocycles. The van der Waals surface area contributed by atoms with Gasteiger partial charge in [0.15, 0.2) is 0 Å². The number of rotatable bonds is 4. The smallest absolute Gasteiger partial charge is 0.254 e. The van der Waals surface area contributed by atoms with Crippen LogP contribution in [0.1, 0.15) is 0 Å². The van der Waals surface area contributed by atoms with Crippen molar-refractivity contribution in [1.29, 1.82) is 0 Å². The summed E-state index contributed by atoms with van der Waals surface area (Å²) in [6, 6.07) is 19.7. The van der Waals surface area contributed by atoms with Gasteiger partial charge in [0.1, 0.15) is 17.9 Å². The molecular weight excluding hydrogens is 302 g/mol. The van der Waals surface area contributed by atoms with E-state index in [1.54, 1.807) is 11.6 Å². The van der Waals surface area contributed by atoms with Crippen LogP contribution in [0.4, 0.5) is 11.5 Å². The first-order valence-corrected chi connectivity index (χ1v) is 7.51. The average Bonchev–Trinajstić information content (AvgIpc) is 3.12. The normalized spacial score (nSPS) is 10.7. The molecule has 2 aromatic carbocycles. The first-order valence-electron chi connectivity index (χ1n) is 7.51. The van der Waals surface area contributed by atoms with Gasteiger partial charge in [0.05, 0.1) is 12.8 Å². The number of aromatic nitrogens is 4. The van der Waals surface area contributed by atoms with Crippen LogP contribution in [0.2, 0.25) is 0 Å². The van der Waals surface area contributed by atoms with Crippen molar-refractivity contribution in [2.75, 3.05) is 12.4 Å². The quantitative estimate of drug-likeness (QED) is 0.623. The van der Waals surface area contributed by atoms with Gasteiger partial charge in [-0.25, -0.2) is 4.98 Å². The standard InChI is InChI=1S/C18H15N5O/c1-24-15-9-7-14(8-10-15)21-17-11-16(13-5-3-2-4-6-13)22-18-19-12-20-23(17)18/h2-12,21H,1H3. The molecule has 6 heteroatoms. The molecule has 0 amide bonds. The minimum Gasteiger partial charge on any atom is -0.497 e. The Morgan fingerprint density at radius 3 is 2.54 bits per heavy atom. The van der Waals surface area contributed by atoms with Crippen LogP contribution in [0, 0.1) is 0 Å². The molecule has 0 saturated carbocycles. The largest absolute Gasteiger partial charge is 0.497 e. The highest BCUT2D eigenvalue weighted by Gasteiger charge is 2.09. The van der Waals surface area contributed by atoms with Crippen LogP contribution in [0.15, 0.2) is 67.0 Å². The van der Waals surface area contributed by atoms with Gasteiger partial charge >= 0.3 is 0 Å². The average molecular weight is 317 g/mol. The zero-order valence-electron chi connectivity index (χ0n) is 13.0. The summed E-state index contributed by atoms with van der Waals surface area (Å²) in [4.78, 5) is 8.78. The number of hydrogen-bond donors (Lipinski definition) is 1. The highest BCUT2D eigenvalue weighted by Crippen LogP contribution is 2.24. The molecule has 2 aromatic heterocycles. The lowest BCUT2D eigenvalue weighted by atomic mass is 10.1. The predicted molar refractivity (Wildman–Crippen MR) is 92.5 cm³/mol. The van der Waals surface area contributed by atoms with Gasteiger partial charge < -0.3 is 10.1 Å². The molecule has 0 aliphatic carbocycles. The molecule has 0 unspecified atom stereocenters. The lowest BCUT2D eigenvalue weighted by Gasteiger charge is -2.10. The lowest BCUT2D eigenvalue weighted by molar-refractivity contribution is 0.415. The number of nitrogens with one attached hydrogen (secondary N) is 1. The Hall–Kier alpha value is -3.41. The van der Waals surface area contributed by atoms with E-state index in [0.717, 1.165) is 28.5 Å². The van der Waals surface area contributed by atoms with E-state index in [9.17, 15) is 0 Å².